The van der Waals surface area contributed by atoms with E-state index in [0.717, 1.165) is 36.9 Å². The van der Waals surface area contributed by atoms with E-state index in [0.29, 0.717) is 13.0 Å². The molecule has 0 aromatic heterocycles. The Morgan fingerprint density at radius 2 is 1.73 bits per heavy atom. The molecular weight excluding hydrogens is 348 g/mol. The molecule has 6 heteroatoms. The van der Waals surface area contributed by atoms with E-state index in [1.807, 2.05) is 18.2 Å². The van der Waals surface area contributed by atoms with Gasteiger partial charge in [0, 0.05) is 24.7 Å². The highest BCUT2D eigenvalue weighted by molar-refractivity contribution is 7.89. The molecule has 1 N–H and O–H groups in total. The molecule has 1 heterocycles. The van der Waals surface area contributed by atoms with Crippen molar-refractivity contribution in [3.05, 3.63) is 59.7 Å². The number of carbonyl (C=O) groups is 1. The zero-order valence-electron chi connectivity index (χ0n) is 14.5. The van der Waals surface area contributed by atoms with E-state index in [1.54, 1.807) is 29.2 Å². The molecule has 4 rings (SSSR count). The Kier molecular flexibility index (Phi) is 4.54. The lowest BCUT2D eigenvalue weighted by Gasteiger charge is -2.26. The minimum Gasteiger partial charge on any atom is -0.312 e. The molecule has 1 atom stereocenters. The van der Waals surface area contributed by atoms with Gasteiger partial charge >= 0.3 is 0 Å². The van der Waals surface area contributed by atoms with Gasteiger partial charge < -0.3 is 4.90 Å². The van der Waals surface area contributed by atoms with Crippen LogP contribution in [0.4, 0.5) is 5.69 Å². The SMILES string of the molecule is O=C1CCCN1c1ccc(S(=O)(=O)N[C@H]2CCCc3ccccc32)cc1. The molecule has 1 aliphatic carbocycles. The number of sulfonamides is 1. The molecule has 1 amide bonds. The largest absolute Gasteiger partial charge is 0.312 e. The first-order valence-corrected chi connectivity index (χ1v) is 10.5. The Balaban J connectivity index is 1.55. The lowest BCUT2D eigenvalue weighted by Crippen LogP contribution is -2.31. The van der Waals surface area contributed by atoms with Gasteiger partial charge in [0.05, 0.1) is 4.90 Å². The molecule has 2 aromatic carbocycles. The second kappa shape index (κ2) is 6.85. The summed E-state index contributed by atoms with van der Waals surface area (Å²) in [5.74, 6) is 0.0949. The van der Waals surface area contributed by atoms with Crippen LogP contribution in [0.25, 0.3) is 0 Å². The number of benzene rings is 2. The fraction of sp³-hybridized carbons (Fsp3) is 0.350. The molecule has 0 unspecified atom stereocenters. The third kappa shape index (κ3) is 3.27. The van der Waals surface area contributed by atoms with Crippen LogP contribution in [-0.2, 0) is 21.2 Å². The average molecular weight is 370 g/mol. The van der Waals surface area contributed by atoms with Crippen LogP contribution in [-0.4, -0.2) is 20.9 Å². The van der Waals surface area contributed by atoms with Gasteiger partial charge in [-0.15, -0.1) is 0 Å². The van der Waals surface area contributed by atoms with E-state index in [4.69, 9.17) is 0 Å². The summed E-state index contributed by atoms with van der Waals surface area (Å²) < 4.78 is 28.5. The first-order valence-electron chi connectivity index (χ1n) is 9.05. The third-order valence-electron chi connectivity index (χ3n) is 5.20. The maximum Gasteiger partial charge on any atom is 0.241 e. The molecule has 0 saturated carbocycles. The van der Waals surface area contributed by atoms with Crippen molar-refractivity contribution in [1.82, 2.24) is 4.72 Å². The molecule has 2 aliphatic rings. The molecule has 1 fully saturated rings. The van der Waals surface area contributed by atoms with Crippen molar-refractivity contribution in [2.75, 3.05) is 11.4 Å². The summed E-state index contributed by atoms with van der Waals surface area (Å²) in [5, 5.41) is 0. The lowest BCUT2D eigenvalue weighted by atomic mass is 9.88. The number of amides is 1. The third-order valence-corrected chi connectivity index (χ3v) is 6.69. The number of carbonyl (C=O) groups excluding carboxylic acids is 1. The number of aryl methyl sites for hydroxylation is 1. The van der Waals surface area contributed by atoms with Crippen LogP contribution < -0.4 is 9.62 Å². The predicted octanol–water partition coefficient (Wildman–Crippen LogP) is 3.17. The van der Waals surface area contributed by atoms with Crippen molar-refractivity contribution in [2.45, 2.75) is 43.0 Å². The Morgan fingerprint density at radius 1 is 0.962 bits per heavy atom. The minimum absolute atomic E-state index is 0.0949. The highest BCUT2D eigenvalue weighted by Gasteiger charge is 2.26. The normalized spacial score (nSPS) is 20.2. The van der Waals surface area contributed by atoms with E-state index >= 15 is 0 Å². The van der Waals surface area contributed by atoms with E-state index in [9.17, 15) is 13.2 Å². The molecular formula is C20H22N2O3S. The number of hydrogen-bond donors (Lipinski definition) is 1. The quantitative estimate of drug-likeness (QED) is 0.899. The molecule has 2 aromatic rings. The summed E-state index contributed by atoms with van der Waals surface area (Å²) in [6.45, 7) is 0.696. The number of fused-ring (bicyclic) bond motifs is 1. The monoisotopic (exact) mass is 370 g/mol. The van der Waals surface area contributed by atoms with Crippen LogP contribution in [0, 0.1) is 0 Å². The van der Waals surface area contributed by atoms with Crippen molar-refractivity contribution in [3.8, 4) is 0 Å². The Bertz CT molecular complexity index is 922. The fourth-order valence-corrected chi connectivity index (χ4v) is 5.11. The van der Waals surface area contributed by atoms with Crippen LogP contribution in [0.5, 0.6) is 0 Å². The molecule has 26 heavy (non-hydrogen) atoms. The van der Waals surface area contributed by atoms with Crippen LogP contribution >= 0.6 is 0 Å². The number of nitrogens with zero attached hydrogens (tertiary/aromatic N) is 1. The summed E-state index contributed by atoms with van der Waals surface area (Å²) in [4.78, 5) is 13.8. The van der Waals surface area contributed by atoms with Crippen LogP contribution in [0.3, 0.4) is 0 Å². The Morgan fingerprint density at radius 3 is 2.46 bits per heavy atom. The van der Waals surface area contributed by atoms with Crippen molar-refractivity contribution < 1.29 is 13.2 Å². The highest BCUT2D eigenvalue weighted by atomic mass is 32.2. The predicted molar refractivity (Wildman–Crippen MR) is 100 cm³/mol. The van der Waals surface area contributed by atoms with Crippen molar-refractivity contribution in [2.24, 2.45) is 0 Å². The topological polar surface area (TPSA) is 66.5 Å². The van der Waals surface area contributed by atoms with Gasteiger partial charge in [-0.2, -0.15) is 0 Å². The van der Waals surface area contributed by atoms with E-state index in [1.165, 1.54) is 5.56 Å². The maximum atomic E-state index is 12.8. The van der Waals surface area contributed by atoms with Gasteiger partial charge in [-0.25, -0.2) is 13.1 Å². The second-order valence-corrected chi connectivity index (χ2v) is 8.62. The summed E-state index contributed by atoms with van der Waals surface area (Å²) in [6, 6.07) is 14.4. The van der Waals surface area contributed by atoms with Gasteiger partial charge in [0.2, 0.25) is 15.9 Å². The summed E-state index contributed by atoms with van der Waals surface area (Å²) in [7, 11) is -3.61. The first kappa shape index (κ1) is 17.2. The van der Waals surface area contributed by atoms with Gasteiger partial charge in [-0.3, -0.25) is 4.79 Å². The number of hydrogen-bond acceptors (Lipinski definition) is 3. The maximum absolute atomic E-state index is 12.8. The van der Waals surface area contributed by atoms with Crippen LogP contribution in [0.2, 0.25) is 0 Å². The summed E-state index contributed by atoms with van der Waals surface area (Å²) in [5.41, 5.74) is 3.05. The van der Waals surface area contributed by atoms with Gasteiger partial charge in [0.25, 0.3) is 0 Å². The lowest BCUT2D eigenvalue weighted by molar-refractivity contribution is -0.117. The average Bonchev–Trinajstić information content (AvgIpc) is 3.08. The number of anilines is 1. The Labute approximate surface area is 154 Å². The smallest absolute Gasteiger partial charge is 0.241 e. The standard InChI is InChI=1S/C20H22N2O3S/c23-20-9-4-14-22(20)16-10-12-17(13-11-16)26(24,25)21-19-8-3-6-15-5-1-2-7-18(15)19/h1-2,5,7,10-13,19,21H,3-4,6,8-9,14H2/t19-/m0/s1. The molecule has 0 bridgehead atoms. The number of rotatable bonds is 4. The number of nitrogens with one attached hydrogen (secondary N) is 1. The zero-order chi connectivity index (χ0) is 18.1. The second-order valence-electron chi connectivity index (χ2n) is 6.91. The van der Waals surface area contributed by atoms with Gasteiger partial charge in [-0.05, 0) is 61.1 Å². The fourth-order valence-electron chi connectivity index (χ4n) is 3.86. The van der Waals surface area contributed by atoms with Gasteiger partial charge in [-0.1, -0.05) is 24.3 Å². The van der Waals surface area contributed by atoms with Crippen molar-refractivity contribution >= 4 is 21.6 Å². The van der Waals surface area contributed by atoms with Crippen LogP contribution in [0.15, 0.2) is 53.4 Å². The molecule has 0 spiro atoms. The zero-order valence-corrected chi connectivity index (χ0v) is 15.3. The van der Waals surface area contributed by atoms with Crippen molar-refractivity contribution in [3.63, 3.8) is 0 Å². The van der Waals surface area contributed by atoms with Gasteiger partial charge in [0.1, 0.15) is 0 Å². The van der Waals surface area contributed by atoms with E-state index < -0.39 is 10.0 Å². The molecule has 1 saturated heterocycles. The molecule has 136 valence electrons. The van der Waals surface area contributed by atoms with E-state index in [-0.39, 0.29) is 16.8 Å². The van der Waals surface area contributed by atoms with E-state index in [2.05, 4.69) is 10.8 Å². The van der Waals surface area contributed by atoms with Crippen molar-refractivity contribution in [1.29, 1.82) is 0 Å². The molecule has 0 radical (unpaired) electrons. The first-order chi connectivity index (χ1) is 12.5. The minimum atomic E-state index is -3.61. The van der Waals surface area contributed by atoms with Crippen LogP contribution in [0.1, 0.15) is 42.9 Å². The Hall–Kier alpha value is -2.18. The molecule has 5 nitrogen and oxygen atoms in total. The molecule has 1 aliphatic heterocycles. The highest BCUT2D eigenvalue weighted by Crippen LogP contribution is 2.31. The summed E-state index contributed by atoms with van der Waals surface area (Å²) in [6.07, 6.45) is 4.17. The summed E-state index contributed by atoms with van der Waals surface area (Å²) >= 11 is 0. The van der Waals surface area contributed by atoms with Gasteiger partial charge in [0.15, 0.2) is 0 Å².